The van der Waals surface area contributed by atoms with Crippen LogP contribution in [0.1, 0.15) is 15.2 Å². The number of urea groups is 1. The van der Waals surface area contributed by atoms with E-state index in [1.54, 1.807) is 21.2 Å². The first-order valence-corrected chi connectivity index (χ1v) is 7.59. The molecule has 7 heteroatoms. The lowest BCUT2D eigenvalue weighted by atomic mass is 10.1. The Labute approximate surface area is 126 Å². The molecule has 0 bridgehead atoms. The first kappa shape index (κ1) is 13.9. The van der Waals surface area contributed by atoms with Crippen molar-refractivity contribution in [3.63, 3.8) is 0 Å². The average molecular weight is 305 g/mol. The predicted molar refractivity (Wildman–Crippen MR) is 78.1 cm³/mol. The first-order valence-electron chi connectivity index (χ1n) is 6.71. The number of aliphatic hydroxyl groups excluding tert-OH is 1. The quantitative estimate of drug-likeness (QED) is 0.714. The van der Waals surface area contributed by atoms with Crippen molar-refractivity contribution in [1.82, 2.24) is 15.1 Å². The lowest BCUT2D eigenvalue weighted by Crippen LogP contribution is -2.53. The Bertz CT molecular complexity index is 631. The van der Waals surface area contributed by atoms with Crippen molar-refractivity contribution in [3.8, 4) is 11.8 Å². The summed E-state index contributed by atoms with van der Waals surface area (Å²) in [6.07, 6.45) is 0. The molecular weight excluding hydrogens is 290 g/mol. The third kappa shape index (κ3) is 2.73. The molecule has 2 N–H and O–H groups in total. The summed E-state index contributed by atoms with van der Waals surface area (Å²) in [7, 11) is 0. The normalized spacial score (nSPS) is 20.6. The standard InChI is InChI=1S/C14H15N3O3S/c18-5-1-2-12-6-10(9-21-12)13(19)16-3-4-17-11(8-16)7-15-14(17)20/h6,9,11,18H,3-5,7-8H2,(H,15,20). The fourth-order valence-electron chi connectivity index (χ4n) is 2.61. The average Bonchev–Trinajstić information content (AvgIpc) is 3.11. The number of nitrogens with zero attached hydrogens (tertiary/aromatic N) is 2. The number of rotatable bonds is 1. The first-order chi connectivity index (χ1) is 10.2. The molecular formula is C14H15N3O3S. The summed E-state index contributed by atoms with van der Waals surface area (Å²) in [5, 5.41) is 13.3. The Morgan fingerprint density at radius 2 is 2.38 bits per heavy atom. The molecule has 1 aromatic rings. The maximum absolute atomic E-state index is 12.5. The minimum absolute atomic E-state index is 0.0257. The van der Waals surface area contributed by atoms with E-state index in [0.717, 1.165) is 4.88 Å². The second kappa shape index (κ2) is 5.76. The molecule has 2 aliphatic heterocycles. The van der Waals surface area contributed by atoms with Gasteiger partial charge in [-0.3, -0.25) is 4.79 Å². The Morgan fingerprint density at radius 1 is 1.52 bits per heavy atom. The molecule has 2 aliphatic rings. The van der Waals surface area contributed by atoms with Gasteiger partial charge in [-0.2, -0.15) is 0 Å². The number of hydrogen-bond donors (Lipinski definition) is 2. The van der Waals surface area contributed by atoms with E-state index in [2.05, 4.69) is 17.2 Å². The smallest absolute Gasteiger partial charge is 0.317 e. The van der Waals surface area contributed by atoms with Crippen molar-refractivity contribution in [1.29, 1.82) is 0 Å². The van der Waals surface area contributed by atoms with E-state index in [4.69, 9.17) is 5.11 Å². The van der Waals surface area contributed by atoms with E-state index >= 15 is 0 Å². The molecule has 2 fully saturated rings. The van der Waals surface area contributed by atoms with Crippen molar-refractivity contribution in [2.24, 2.45) is 0 Å². The Morgan fingerprint density at radius 3 is 3.19 bits per heavy atom. The molecule has 1 unspecified atom stereocenters. The maximum atomic E-state index is 12.5. The van der Waals surface area contributed by atoms with Gasteiger partial charge < -0.3 is 20.2 Å². The monoisotopic (exact) mass is 305 g/mol. The zero-order chi connectivity index (χ0) is 14.8. The van der Waals surface area contributed by atoms with E-state index in [1.807, 2.05) is 0 Å². The number of carbonyl (C=O) groups is 2. The summed E-state index contributed by atoms with van der Waals surface area (Å²) >= 11 is 1.39. The largest absolute Gasteiger partial charge is 0.384 e. The number of thiophene rings is 1. The lowest BCUT2D eigenvalue weighted by Gasteiger charge is -2.36. The van der Waals surface area contributed by atoms with E-state index < -0.39 is 0 Å². The zero-order valence-corrected chi connectivity index (χ0v) is 12.2. The third-order valence-electron chi connectivity index (χ3n) is 3.66. The van der Waals surface area contributed by atoms with Crippen LogP contribution >= 0.6 is 11.3 Å². The number of piperazine rings is 1. The van der Waals surface area contributed by atoms with Crippen LogP contribution in [0.2, 0.25) is 0 Å². The van der Waals surface area contributed by atoms with Crippen molar-refractivity contribution in [2.75, 3.05) is 32.8 Å². The fourth-order valence-corrected chi connectivity index (χ4v) is 3.36. The van der Waals surface area contributed by atoms with Crippen LogP contribution in [0.25, 0.3) is 0 Å². The van der Waals surface area contributed by atoms with Crippen molar-refractivity contribution in [3.05, 3.63) is 21.9 Å². The molecule has 1 aromatic heterocycles. The van der Waals surface area contributed by atoms with Crippen LogP contribution in [0.15, 0.2) is 11.4 Å². The topological polar surface area (TPSA) is 72.9 Å². The van der Waals surface area contributed by atoms with Gasteiger partial charge in [-0.05, 0) is 6.07 Å². The van der Waals surface area contributed by atoms with Gasteiger partial charge in [0.25, 0.3) is 5.91 Å². The van der Waals surface area contributed by atoms with Crippen LogP contribution in [0.5, 0.6) is 0 Å². The fraction of sp³-hybridized carbons (Fsp3) is 0.429. The number of carbonyl (C=O) groups excluding carboxylic acids is 2. The van der Waals surface area contributed by atoms with Gasteiger partial charge in [-0.1, -0.05) is 11.8 Å². The highest BCUT2D eigenvalue weighted by Gasteiger charge is 2.37. The van der Waals surface area contributed by atoms with Gasteiger partial charge in [0, 0.05) is 31.6 Å². The van der Waals surface area contributed by atoms with Gasteiger partial charge in [-0.25, -0.2) is 4.79 Å². The number of nitrogens with one attached hydrogen (secondary N) is 1. The highest BCUT2D eigenvalue weighted by Crippen LogP contribution is 2.19. The number of amides is 3. The molecule has 6 nitrogen and oxygen atoms in total. The van der Waals surface area contributed by atoms with Crippen LogP contribution in [0.4, 0.5) is 4.79 Å². The van der Waals surface area contributed by atoms with E-state index in [9.17, 15) is 9.59 Å². The highest BCUT2D eigenvalue weighted by atomic mass is 32.1. The molecule has 0 radical (unpaired) electrons. The zero-order valence-electron chi connectivity index (χ0n) is 11.3. The second-order valence-electron chi connectivity index (χ2n) is 4.94. The number of aliphatic hydroxyl groups is 1. The summed E-state index contributed by atoms with van der Waals surface area (Å²) in [5.41, 5.74) is 0.618. The summed E-state index contributed by atoms with van der Waals surface area (Å²) in [6, 6.07) is 1.78. The molecule has 0 aliphatic carbocycles. The van der Waals surface area contributed by atoms with E-state index in [-0.39, 0.29) is 24.6 Å². The molecule has 2 saturated heterocycles. The van der Waals surface area contributed by atoms with Crippen LogP contribution in [-0.4, -0.2) is 65.7 Å². The van der Waals surface area contributed by atoms with E-state index in [1.165, 1.54) is 11.3 Å². The maximum Gasteiger partial charge on any atom is 0.317 e. The van der Waals surface area contributed by atoms with Gasteiger partial charge in [-0.15, -0.1) is 11.3 Å². The second-order valence-corrected chi connectivity index (χ2v) is 5.86. The molecule has 3 amide bonds. The predicted octanol–water partition coefficient (Wildman–Crippen LogP) is -0.0585. The van der Waals surface area contributed by atoms with Gasteiger partial charge in [0.1, 0.15) is 6.61 Å². The summed E-state index contributed by atoms with van der Waals surface area (Å²) in [4.78, 5) is 28.3. The third-order valence-corrected chi connectivity index (χ3v) is 4.50. The minimum atomic E-state index is -0.189. The molecule has 3 heterocycles. The van der Waals surface area contributed by atoms with Gasteiger partial charge >= 0.3 is 6.03 Å². The van der Waals surface area contributed by atoms with Crippen molar-refractivity contribution in [2.45, 2.75) is 6.04 Å². The van der Waals surface area contributed by atoms with Crippen LogP contribution in [-0.2, 0) is 0 Å². The van der Waals surface area contributed by atoms with Crippen LogP contribution in [0, 0.1) is 11.8 Å². The Balaban J connectivity index is 1.68. The highest BCUT2D eigenvalue weighted by molar-refractivity contribution is 7.10. The van der Waals surface area contributed by atoms with Crippen LogP contribution < -0.4 is 5.32 Å². The molecule has 21 heavy (non-hydrogen) atoms. The molecule has 1 atom stereocenters. The van der Waals surface area contributed by atoms with Gasteiger partial charge in [0.15, 0.2) is 0 Å². The summed E-state index contributed by atoms with van der Waals surface area (Å²) in [6.45, 7) is 2.09. The molecule has 0 aromatic carbocycles. The Hall–Kier alpha value is -2.04. The van der Waals surface area contributed by atoms with Crippen molar-refractivity contribution < 1.29 is 14.7 Å². The molecule has 3 rings (SSSR count). The Kier molecular flexibility index (Phi) is 3.82. The molecule has 0 spiro atoms. The SMILES string of the molecule is O=C(c1csc(C#CCO)c1)N1CCN2C(=O)NCC2C1. The van der Waals surface area contributed by atoms with Crippen LogP contribution in [0.3, 0.4) is 0 Å². The number of fused-ring (bicyclic) bond motifs is 1. The molecule has 110 valence electrons. The van der Waals surface area contributed by atoms with Gasteiger partial charge in [0.2, 0.25) is 0 Å². The lowest BCUT2D eigenvalue weighted by molar-refractivity contribution is 0.0617. The molecule has 0 saturated carbocycles. The summed E-state index contributed by atoms with van der Waals surface area (Å²) < 4.78 is 0. The number of hydrogen-bond acceptors (Lipinski definition) is 4. The van der Waals surface area contributed by atoms with E-state index in [0.29, 0.717) is 31.7 Å². The van der Waals surface area contributed by atoms with Crippen molar-refractivity contribution >= 4 is 23.3 Å². The summed E-state index contributed by atoms with van der Waals surface area (Å²) in [5.74, 6) is 5.34. The minimum Gasteiger partial charge on any atom is -0.384 e. The van der Waals surface area contributed by atoms with Gasteiger partial charge in [0.05, 0.1) is 16.5 Å².